The monoisotopic (exact) mass is 334 g/mol. The van der Waals surface area contributed by atoms with E-state index in [9.17, 15) is 4.39 Å². The summed E-state index contributed by atoms with van der Waals surface area (Å²) in [6.07, 6.45) is 2.84. The van der Waals surface area contributed by atoms with E-state index in [2.05, 4.69) is 41.3 Å². The van der Waals surface area contributed by atoms with E-state index in [0.29, 0.717) is 24.3 Å². The van der Waals surface area contributed by atoms with E-state index >= 15 is 0 Å². The third-order valence-corrected chi connectivity index (χ3v) is 4.99. The molecule has 2 bridgehead atoms. The summed E-state index contributed by atoms with van der Waals surface area (Å²) >= 11 is 0. The lowest BCUT2D eigenvalue weighted by atomic mass is 9.88. The molecule has 2 aromatic rings. The molecule has 4 rings (SSSR count). The minimum Gasteiger partial charge on any atom is -0.378 e. The van der Waals surface area contributed by atoms with Gasteiger partial charge in [0.15, 0.2) is 0 Å². The highest BCUT2D eigenvalue weighted by Crippen LogP contribution is 2.34. The molecule has 25 heavy (non-hydrogen) atoms. The molecule has 2 aromatic carbocycles. The third kappa shape index (κ3) is 3.21. The molecular weight excluding hydrogens is 315 g/mol. The lowest BCUT2D eigenvalue weighted by Gasteiger charge is -2.44. The Morgan fingerprint density at radius 1 is 1.16 bits per heavy atom. The number of nitrogens with zero attached hydrogens (tertiary/aromatic N) is 2. The number of hydrogen-bond donors (Lipinski definition) is 0. The average molecular weight is 334 g/mol. The maximum absolute atomic E-state index is 14.3. The minimum absolute atomic E-state index is 0.132. The first kappa shape index (κ1) is 16.0. The smallest absolute Gasteiger partial charge is 0.130 e. The number of hydrogen-bond acceptors (Lipinski definition) is 3. The van der Waals surface area contributed by atoms with Gasteiger partial charge < -0.3 is 4.74 Å². The van der Waals surface area contributed by atoms with Gasteiger partial charge in [-0.1, -0.05) is 36.4 Å². The van der Waals surface area contributed by atoms with Gasteiger partial charge in [-0.2, -0.15) is 5.26 Å². The highest BCUT2D eigenvalue weighted by Gasteiger charge is 2.35. The van der Waals surface area contributed by atoms with Crippen molar-refractivity contribution in [3.63, 3.8) is 0 Å². The summed E-state index contributed by atoms with van der Waals surface area (Å²) in [4.78, 5) is 2.44. The summed E-state index contributed by atoms with van der Waals surface area (Å²) in [5.41, 5.74) is 3.30. The van der Waals surface area contributed by atoms with Crippen molar-refractivity contribution in [3.05, 3.63) is 77.1 Å². The van der Waals surface area contributed by atoms with Crippen LogP contribution in [0.1, 0.15) is 23.1 Å². The molecule has 126 valence electrons. The zero-order chi connectivity index (χ0) is 17.2. The van der Waals surface area contributed by atoms with E-state index < -0.39 is 0 Å². The van der Waals surface area contributed by atoms with Crippen molar-refractivity contribution in [2.45, 2.75) is 25.0 Å². The fourth-order valence-corrected chi connectivity index (χ4v) is 3.74. The average Bonchev–Trinajstić information content (AvgIpc) is 2.63. The predicted molar refractivity (Wildman–Crippen MR) is 94.1 cm³/mol. The van der Waals surface area contributed by atoms with Gasteiger partial charge in [0.05, 0.1) is 30.9 Å². The van der Waals surface area contributed by atoms with Gasteiger partial charge in [0.25, 0.3) is 0 Å². The Labute approximate surface area is 147 Å². The van der Waals surface area contributed by atoms with Crippen LogP contribution in [0.25, 0.3) is 5.57 Å². The van der Waals surface area contributed by atoms with E-state index in [0.717, 1.165) is 18.5 Å². The Balaban J connectivity index is 1.64. The molecule has 3 nitrogen and oxygen atoms in total. The Hall–Kier alpha value is -2.48. The molecule has 2 heterocycles. The Bertz CT molecular complexity index is 841. The second-order valence-corrected chi connectivity index (χ2v) is 6.62. The number of benzene rings is 2. The fourth-order valence-electron chi connectivity index (χ4n) is 3.74. The summed E-state index contributed by atoms with van der Waals surface area (Å²) in [5, 5.41) is 9.10. The second-order valence-electron chi connectivity index (χ2n) is 6.62. The van der Waals surface area contributed by atoms with Crippen LogP contribution in [0.4, 0.5) is 4.39 Å². The first-order chi connectivity index (χ1) is 12.2. The van der Waals surface area contributed by atoms with Crippen LogP contribution in [0.3, 0.4) is 0 Å². The van der Waals surface area contributed by atoms with Crippen LogP contribution in [0.15, 0.2) is 54.6 Å². The Morgan fingerprint density at radius 2 is 2.00 bits per heavy atom. The molecule has 2 aliphatic rings. The number of rotatable bonds is 3. The van der Waals surface area contributed by atoms with Gasteiger partial charge in [0.2, 0.25) is 0 Å². The van der Waals surface area contributed by atoms with Crippen LogP contribution < -0.4 is 0 Å². The molecule has 4 heteroatoms. The van der Waals surface area contributed by atoms with Crippen molar-refractivity contribution in [2.24, 2.45) is 0 Å². The second kappa shape index (κ2) is 6.79. The predicted octanol–water partition coefficient (Wildman–Crippen LogP) is 3.75. The van der Waals surface area contributed by atoms with Crippen LogP contribution in [0.5, 0.6) is 0 Å². The summed E-state index contributed by atoms with van der Waals surface area (Å²) in [5.74, 6) is -0.263. The van der Waals surface area contributed by atoms with E-state index in [4.69, 9.17) is 10.00 Å². The van der Waals surface area contributed by atoms with Gasteiger partial charge >= 0.3 is 0 Å². The van der Waals surface area contributed by atoms with Gasteiger partial charge in [-0.3, -0.25) is 4.90 Å². The third-order valence-electron chi connectivity index (χ3n) is 4.99. The molecule has 0 spiro atoms. The minimum atomic E-state index is -0.263. The van der Waals surface area contributed by atoms with Crippen molar-refractivity contribution in [3.8, 4) is 6.07 Å². The highest BCUT2D eigenvalue weighted by molar-refractivity contribution is 5.69. The number of morpholine rings is 1. The SMILES string of the molecule is N#Cc1ccc(F)c(C2=CC3COCC(C2)N3Cc2ccccc2)c1. The molecule has 1 fully saturated rings. The summed E-state index contributed by atoms with van der Waals surface area (Å²) in [6.45, 7) is 2.14. The van der Waals surface area contributed by atoms with Gasteiger partial charge in [0, 0.05) is 18.2 Å². The van der Waals surface area contributed by atoms with E-state index in [1.165, 1.54) is 17.7 Å². The van der Waals surface area contributed by atoms with Gasteiger partial charge in [-0.05, 0) is 35.8 Å². The topological polar surface area (TPSA) is 36.3 Å². The molecule has 1 saturated heterocycles. The Kier molecular flexibility index (Phi) is 4.35. The zero-order valence-corrected chi connectivity index (χ0v) is 13.9. The van der Waals surface area contributed by atoms with Crippen molar-refractivity contribution < 1.29 is 9.13 Å². The molecular formula is C21H19FN2O. The summed E-state index contributed by atoms with van der Waals surface area (Å²) < 4.78 is 20.0. The quantitative estimate of drug-likeness (QED) is 0.858. The number of ether oxygens (including phenoxy) is 1. The van der Waals surface area contributed by atoms with Crippen molar-refractivity contribution >= 4 is 5.57 Å². The first-order valence-electron chi connectivity index (χ1n) is 8.53. The van der Waals surface area contributed by atoms with Crippen molar-refractivity contribution in [2.75, 3.05) is 13.2 Å². The molecule has 0 saturated carbocycles. The lowest BCUT2D eigenvalue weighted by Crippen LogP contribution is -2.53. The number of halogens is 1. The highest BCUT2D eigenvalue weighted by atomic mass is 19.1. The first-order valence-corrected chi connectivity index (χ1v) is 8.53. The van der Waals surface area contributed by atoms with Crippen LogP contribution >= 0.6 is 0 Å². The maximum atomic E-state index is 14.3. The summed E-state index contributed by atoms with van der Waals surface area (Å²) in [7, 11) is 0. The van der Waals surface area contributed by atoms with Crippen LogP contribution in [-0.4, -0.2) is 30.2 Å². The van der Waals surface area contributed by atoms with Gasteiger partial charge in [-0.15, -0.1) is 0 Å². The largest absolute Gasteiger partial charge is 0.378 e. The molecule has 0 N–H and O–H groups in total. The van der Waals surface area contributed by atoms with Crippen molar-refractivity contribution in [1.82, 2.24) is 4.90 Å². The van der Waals surface area contributed by atoms with E-state index in [-0.39, 0.29) is 17.9 Å². The molecule has 0 aromatic heterocycles. The van der Waals surface area contributed by atoms with Crippen LogP contribution in [-0.2, 0) is 11.3 Å². The zero-order valence-electron chi connectivity index (χ0n) is 13.9. The van der Waals surface area contributed by atoms with Gasteiger partial charge in [0.1, 0.15) is 5.82 Å². The fraction of sp³-hybridized carbons (Fsp3) is 0.286. The molecule has 2 atom stereocenters. The Morgan fingerprint density at radius 3 is 2.76 bits per heavy atom. The molecule has 0 amide bonds. The molecule has 0 aliphatic carbocycles. The molecule has 2 aliphatic heterocycles. The molecule has 0 radical (unpaired) electrons. The summed E-state index contributed by atoms with van der Waals surface area (Å²) in [6, 6.07) is 17.4. The standard InChI is InChI=1S/C21H19FN2O/c22-21-7-6-16(11-23)8-20(21)17-9-18-13-25-14-19(10-17)24(18)12-15-4-2-1-3-5-15/h1-9,18-19H,10,12-14H2. The van der Waals surface area contributed by atoms with Crippen molar-refractivity contribution in [1.29, 1.82) is 5.26 Å². The van der Waals surface area contributed by atoms with Crippen LogP contribution in [0, 0.1) is 17.1 Å². The lowest BCUT2D eigenvalue weighted by molar-refractivity contribution is -0.0403. The van der Waals surface area contributed by atoms with E-state index in [1.807, 2.05) is 6.07 Å². The van der Waals surface area contributed by atoms with Gasteiger partial charge in [-0.25, -0.2) is 4.39 Å². The van der Waals surface area contributed by atoms with Crippen LogP contribution in [0.2, 0.25) is 0 Å². The maximum Gasteiger partial charge on any atom is 0.130 e. The van der Waals surface area contributed by atoms with E-state index in [1.54, 1.807) is 6.07 Å². The molecule has 2 unspecified atom stereocenters. The number of nitriles is 1. The normalized spacial score (nSPS) is 23.0. The number of fused-ring (bicyclic) bond motifs is 2.